The number of anilines is 1. The van der Waals surface area contributed by atoms with E-state index in [4.69, 9.17) is 11.6 Å². The van der Waals surface area contributed by atoms with E-state index in [-0.39, 0.29) is 10.7 Å². The molecule has 0 aliphatic heterocycles. The Morgan fingerprint density at radius 3 is 2.50 bits per heavy atom. The van der Waals surface area contributed by atoms with Crippen molar-refractivity contribution in [3.8, 4) is 0 Å². The van der Waals surface area contributed by atoms with Crippen molar-refractivity contribution < 1.29 is 13.2 Å². The van der Waals surface area contributed by atoms with Gasteiger partial charge in [-0.15, -0.1) is 0 Å². The lowest BCUT2D eigenvalue weighted by Crippen LogP contribution is -2.12. The third-order valence-corrected chi connectivity index (χ3v) is 2.80. The molecule has 0 radical (unpaired) electrons. The molecule has 0 spiro atoms. The second-order valence-electron chi connectivity index (χ2n) is 4.65. The molecule has 1 rings (SSSR count). The van der Waals surface area contributed by atoms with E-state index in [0.717, 1.165) is 18.9 Å². The summed E-state index contributed by atoms with van der Waals surface area (Å²) in [7, 11) is 0. The maximum absolute atomic E-state index is 12.8. The quantitative estimate of drug-likeness (QED) is 0.730. The van der Waals surface area contributed by atoms with Crippen LogP contribution in [-0.4, -0.2) is 6.54 Å². The van der Waals surface area contributed by atoms with Crippen LogP contribution in [0.25, 0.3) is 0 Å². The predicted octanol–water partition coefficient (Wildman–Crippen LogP) is 5.21. The van der Waals surface area contributed by atoms with Gasteiger partial charge in [-0.05, 0) is 37.0 Å². The fraction of sp³-hybridized carbons (Fsp3) is 0.538. The maximum Gasteiger partial charge on any atom is 0.418 e. The Morgan fingerprint density at radius 1 is 1.28 bits per heavy atom. The van der Waals surface area contributed by atoms with E-state index < -0.39 is 11.7 Å². The average molecular weight is 280 g/mol. The van der Waals surface area contributed by atoms with E-state index in [9.17, 15) is 13.2 Å². The zero-order chi connectivity index (χ0) is 13.8. The average Bonchev–Trinajstić information content (AvgIpc) is 2.24. The number of hydrogen-bond donors (Lipinski definition) is 1. The third-order valence-electron chi connectivity index (χ3n) is 2.56. The van der Waals surface area contributed by atoms with Gasteiger partial charge in [0.25, 0.3) is 0 Å². The summed E-state index contributed by atoms with van der Waals surface area (Å²) in [6.45, 7) is 4.70. The summed E-state index contributed by atoms with van der Waals surface area (Å²) in [6, 6.07) is 3.79. The van der Waals surface area contributed by atoms with Crippen LogP contribution in [0.1, 0.15) is 32.3 Å². The van der Waals surface area contributed by atoms with E-state index in [1.165, 1.54) is 12.1 Å². The van der Waals surface area contributed by atoms with Gasteiger partial charge >= 0.3 is 6.18 Å². The summed E-state index contributed by atoms with van der Waals surface area (Å²) in [5.41, 5.74) is -0.616. The summed E-state index contributed by atoms with van der Waals surface area (Å²) in [4.78, 5) is 0. The van der Waals surface area contributed by atoms with Gasteiger partial charge in [0.05, 0.1) is 5.56 Å². The van der Waals surface area contributed by atoms with Gasteiger partial charge in [0.2, 0.25) is 0 Å². The predicted molar refractivity (Wildman–Crippen MR) is 69.0 cm³/mol. The van der Waals surface area contributed by atoms with Crippen LogP contribution in [0, 0.1) is 5.92 Å². The van der Waals surface area contributed by atoms with Gasteiger partial charge in [-0.2, -0.15) is 13.2 Å². The summed E-state index contributed by atoms with van der Waals surface area (Å²) in [5, 5.41) is 2.92. The molecule has 0 fully saturated rings. The van der Waals surface area contributed by atoms with Gasteiger partial charge in [0, 0.05) is 17.3 Å². The normalized spacial score (nSPS) is 11.9. The molecule has 18 heavy (non-hydrogen) atoms. The van der Waals surface area contributed by atoms with Crippen LogP contribution >= 0.6 is 11.6 Å². The minimum Gasteiger partial charge on any atom is -0.385 e. The minimum atomic E-state index is -4.38. The van der Waals surface area contributed by atoms with Crippen molar-refractivity contribution in [2.45, 2.75) is 32.9 Å². The summed E-state index contributed by atoms with van der Waals surface area (Å²) < 4.78 is 38.3. The number of nitrogens with one attached hydrogen (secondary N) is 1. The fourth-order valence-corrected chi connectivity index (χ4v) is 1.81. The molecule has 1 nitrogen and oxygen atoms in total. The van der Waals surface area contributed by atoms with Crippen molar-refractivity contribution in [1.82, 2.24) is 0 Å². The van der Waals surface area contributed by atoms with Crippen molar-refractivity contribution in [1.29, 1.82) is 0 Å². The Labute approximate surface area is 110 Å². The molecule has 0 aliphatic carbocycles. The van der Waals surface area contributed by atoms with Crippen LogP contribution in [0.2, 0.25) is 5.02 Å². The van der Waals surface area contributed by atoms with Gasteiger partial charge in [-0.25, -0.2) is 0 Å². The van der Waals surface area contributed by atoms with Gasteiger partial charge < -0.3 is 5.32 Å². The molecule has 0 saturated heterocycles. The Morgan fingerprint density at radius 2 is 1.94 bits per heavy atom. The summed E-state index contributed by atoms with van der Waals surface area (Å²) in [6.07, 6.45) is -2.55. The second-order valence-corrected chi connectivity index (χ2v) is 5.09. The Hall–Kier alpha value is -0.900. The molecule has 0 heterocycles. The highest BCUT2D eigenvalue weighted by atomic mass is 35.5. The van der Waals surface area contributed by atoms with Crippen LogP contribution in [0.3, 0.4) is 0 Å². The van der Waals surface area contributed by atoms with Gasteiger partial charge in [-0.1, -0.05) is 25.4 Å². The first-order chi connectivity index (χ1) is 8.30. The van der Waals surface area contributed by atoms with Crippen LogP contribution in [0.4, 0.5) is 18.9 Å². The minimum absolute atomic E-state index is 0.0926. The lowest BCUT2D eigenvalue weighted by atomic mass is 10.1. The van der Waals surface area contributed by atoms with E-state index in [0.29, 0.717) is 12.5 Å². The smallest absolute Gasteiger partial charge is 0.385 e. The van der Waals surface area contributed by atoms with Crippen molar-refractivity contribution in [2.75, 3.05) is 11.9 Å². The molecule has 0 amide bonds. The number of alkyl halides is 3. The van der Waals surface area contributed by atoms with E-state index in [1.54, 1.807) is 0 Å². The number of halogens is 4. The largest absolute Gasteiger partial charge is 0.418 e. The summed E-state index contributed by atoms with van der Waals surface area (Å²) >= 11 is 5.60. The zero-order valence-corrected chi connectivity index (χ0v) is 11.2. The van der Waals surface area contributed by atoms with Gasteiger partial charge in [0.15, 0.2) is 0 Å². The van der Waals surface area contributed by atoms with Gasteiger partial charge in [-0.3, -0.25) is 0 Å². The highest BCUT2D eigenvalue weighted by Crippen LogP contribution is 2.36. The molecule has 0 aliphatic rings. The maximum atomic E-state index is 12.8. The standard InChI is InChI=1S/C13H17ClF3N/c1-9(2)4-3-7-18-12-6-5-10(14)8-11(12)13(15,16)17/h5-6,8-9,18H,3-4,7H2,1-2H3. The lowest BCUT2D eigenvalue weighted by Gasteiger charge is -2.15. The molecule has 1 N–H and O–H groups in total. The van der Waals surface area contributed by atoms with Crippen LogP contribution < -0.4 is 5.32 Å². The molecule has 1 aromatic carbocycles. The van der Waals surface area contributed by atoms with E-state index >= 15 is 0 Å². The third kappa shape index (κ3) is 4.77. The lowest BCUT2D eigenvalue weighted by molar-refractivity contribution is -0.136. The SMILES string of the molecule is CC(C)CCCNc1ccc(Cl)cc1C(F)(F)F. The molecule has 0 atom stereocenters. The first-order valence-electron chi connectivity index (χ1n) is 5.91. The van der Waals surface area contributed by atoms with Crippen LogP contribution in [-0.2, 0) is 6.18 Å². The monoisotopic (exact) mass is 279 g/mol. The van der Waals surface area contributed by atoms with Crippen molar-refractivity contribution in [3.63, 3.8) is 0 Å². The molecular weight excluding hydrogens is 263 g/mol. The first-order valence-corrected chi connectivity index (χ1v) is 6.29. The zero-order valence-electron chi connectivity index (χ0n) is 10.4. The van der Waals surface area contributed by atoms with Crippen LogP contribution in [0.5, 0.6) is 0 Å². The highest BCUT2D eigenvalue weighted by molar-refractivity contribution is 6.30. The first kappa shape index (κ1) is 15.2. The molecular formula is C13H17ClF3N. The van der Waals surface area contributed by atoms with Crippen molar-refractivity contribution >= 4 is 17.3 Å². The molecule has 1 aromatic rings. The topological polar surface area (TPSA) is 12.0 Å². The highest BCUT2D eigenvalue weighted by Gasteiger charge is 2.33. The second kappa shape index (κ2) is 6.32. The molecule has 5 heteroatoms. The number of hydrogen-bond acceptors (Lipinski definition) is 1. The number of rotatable bonds is 5. The van der Waals surface area contributed by atoms with Gasteiger partial charge in [0.1, 0.15) is 0 Å². The Kier molecular flexibility index (Phi) is 5.32. The van der Waals surface area contributed by atoms with E-state index in [2.05, 4.69) is 19.2 Å². The molecule has 0 aromatic heterocycles. The molecule has 0 bridgehead atoms. The number of benzene rings is 1. The molecule has 0 unspecified atom stereocenters. The Bertz CT molecular complexity index is 388. The molecule has 0 saturated carbocycles. The van der Waals surface area contributed by atoms with Crippen molar-refractivity contribution in [2.24, 2.45) is 5.92 Å². The summed E-state index contributed by atoms with van der Waals surface area (Å²) in [5.74, 6) is 0.555. The fourth-order valence-electron chi connectivity index (χ4n) is 1.64. The van der Waals surface area contributed by atoms with Crippen LogP contribution in [0.15, 0.2) is 18.2 Å². The van der Waals surface area contributed by atoms with Crippen molar-refractivity contribution in [3.05, 3.63) is 28.8 Å². The Balaban J connectivity index is 2.70. The van der Waals surface area contributed by atoms with E-state index in [1.807, 2.05) is 0 Å². The molecule has 102 valence electrons.